The summed E-state index contributed by atoms with van der Waals surface area (Å²) in [5, 5.41) is 49.9. The molecule has 0 atom stereocenters. The van der Waals surface area contributed by atoms with E-state index in [0.717, 1.165) is 101 Å². The van der Waals surface area contributed by atoms with Crippen molar-refractivity contribution in [3.63, 3.8) is 0 Å². The van der Waals surface area contributed by atoms with Crippen molar-refractivity contribution in [2.75, 3.05) is 95.6 Å². The maximum Gasteiger partial charge on any atom is 0.319 e. The first kappa shape index (κ1) is 90.7. The molecule has 636 valence electrons. The lowest BCUT2D eigenvalue weighted by atomic mass is 9.88. The molecule has 0 spiro atoms. The van der Waals surface area contributed by atoms with Gasteiger partial charge in [-0.15, -0.1) is 34.8 Å². The number of urea groups is 7. The number of rotatable bonds is 13. The molecular weight excluding hydrogens is 1600 g/mol. The third-order valence-corrected chi connectivity index (χ3v) is 21.2. The second-order valence-corrected chi connectivity index (χ2v) is 31.9. The van der Waals surface area contributed by atoms with Crippen molar-refractivity contribution >= 4 is 171 Å². The molecule has 14 N–H and O–H groups in total. The number of hydrogen-bond acceptors (Lipinski definition) is 7. The van der Waals surface area contributed by atoms with Crippen LogP contribution in [0, 0.1) is 0 Å². The van der Waals surface area contributed by atoms with Crippen LogP contribution < -0.4 is 74.4 Å². The Kier molecular flexibility index (Phi) is 33.6. The number of nitrogens with one attached hydrogen (secondary N) is 14. The SMILES string of the molecule is CC(C)(C)NC(=O)Nc1ccc2c(c1)Cc1ccccc1-2.CNC(=O)Nc1ccc2c(ccc3ccccc32)c1.CNC(=O)Nc1ccc2cc3ccccc3cc2c1.CNC(=O)Nc1ccc2ccccc2c1.O=C(NCCCl)Nc1ccc2c(c1)CC2.O=C(NCCCl)Nc1ccc2c(c1)CCC2.O=C(NCCCl)Nc1ccc2c(c1)CCCCC2. The molecule has 0 aliphatic heterocycles. The third kappa shape index (κ3) is 27.5. The molecule has 0 fully saturated rings. The van der Waals surface area contributed by atoms with Gasteiger partial charge >= 0.3 is 42.2 Å². The van der Waals surface area contributed by atoms with Crippen LogP contribution in [0.3, 0.4) is 0 Å². The predicted octanol–water partition coefficient (Wildman–Crippen LogP) is 22.3. The Bertz CT molecular complexity index is 5850. The van der Waals surface area contributed by atoms with Gasteiger partial charge in [0.05, 0.1) is 0 Å². The zero-order chi connectivity index (χ0) is 87.0. The summed E-state index contributed by atoms with van der Waals surface area (Å²) >= 11 is 16.5. The molecule has 0 saturated heterocycles. The molecule has 0 bridgehead atoms. The molecule has 0 aromatic heterocycles. The van der Waals surface area contributed by atoms with Gasteiger partial charge in [-0.1, -0.05) is 158 Å². The van der Waals surface area contributed by atoms with Crippen molar-refractivity contribution < 1.29 is 33.6 Å². The largest absolute Gasteiger partial charge is 0.341 e. The van der Waals surface area contributed by atoms with Crippen LogP contribution in [-0.2, 0) is 44.9 Å². The van der Waals surface area contributed by atoms with E-state index in [1.165, 1.54) is 119 Å². The maximum atomic E-state index is 11.9. The van der Waals surface area contributed by atoms with E-state index >= 15 is 0 Å². The Morgan fingerprint density at radius 3 is 1.12 bits per heavy atom. The van der Waals surface area contributed by atoms with E-state index in [1.54, 1.807) is 21.1 Å². The summed E-state index contributed by atoms with van der Waals surface area (Å²) in [5.41, 5.74) is 19.0. The smallest absolute Gasteiger partial charge is 0.319 e. The quantitative estimate of drug-likeness (QED) is 0.0229. The van der Waals surface area contributed by atoms with Crippen LogP contribution in [0.15, 0.2) is 249 Å². The molecule has 0 saturated carbocycles. The number of hydrogen-bond donors (Lipinski definition) is 14. The summed E-state index contributed by atoms with van der Waals surface area (Å²) in [4.78, 5) is 79.9. The number of anilines is 7. The molecule has 0 radical (unpaired) electrons. The molecule has 4 aliphatic carbocycles. The van der Waals surface area contributed by atoms with Gasteiger partial charge in [0.15, 0.2) is 0 Å². The van der Waals surface area contributed by atoms with E-state index in [-0.39, 0.29) is 47.8 Å². The Morgan fingerprint density at radius 1 is 0.268 bits per heavy atom. The van der Waals surface area contributed by atoms with Crippen LogP contribution in [0.4, 0.5) is 73.4 Å². The van der Waals surface area contributed by atoms with Crippen molar-refractivity contribution in [3.05, 3.63) is 293 Å². The summed E-state index contributed by atoms with van der Waals surface area (Å²) in [6, 6.07) is 82.3. The van der Waals surface area contributed by atoms with Crippen LogP contribution >= 0.6 is 34.8 Å². The van der Waals surface area contributed by atoms with Gasteiger partial charge < -0.3 is 74.4 Å². The molecule has 13 aromatic carbocycles. The van der Waals surface area contributed by atoms with Gasteiger partial charge in [0, 0.05) is 104 Å². The highest BCUT2D eigenvalue weighted by Gasteiger charge is 2.21. The molecule has 123 heavy (non-hydrogen) atoms. The zero-order valence-electron chi connectivity index (χ0n) is 70.2. The Hall–Kier alpha value is -13.1. The maximum absolute atomic E-state index is 11.9. The molecule has 17 rings (SSSR count). The first-order valence-electron chi connectivity index (χ1n) is 41.4. The lowest BCUT2D eigenvalue weighted by Crippen LogP contribution is -2.43. The number of carbonyl (C=O) groups is 7. The molecule has 14 amide bonds. The van der Waals surface area contributed by atoms with Crippen LogP contribution in [-0.4, -0.2) is 106 Å². The fourth-order valence-electron chi connectivity index (χ4n) is 14.6. The summed E-state index contributed by atoms with van der Waals surface area (Å²) in [7, 11) is 4.80. The van der Waals surface area contributed by atoms with E-state index in [4.69, 9.17) is 34.8 Å². The number of halogens is 3. The minimum atomic E-state index is -0.239. The Balaban J connectivity index is 0.000000140. The highest BCUT2D eigenvalue weighted by atomic mass is 35.5. The van der Waals surface area contributed by atoms with Crippen LogP contribution in [0.5, 0.6) is 0 Å². The minimum absolute atomic E-state index is 0.169. The van der Waals surface area contributed by atoms with Gasteiger partial charge in [-0.25, -0.2) is 33.6 Å². The third-order valence-electron chi connectivity index (χ3n) is 20.7. The van der Waals surface area contributed by atoms with Crippen molar-refractivity contribution in [1.82, 2.24) is 37.2 Å². The first-order chi connectivity index (χ1) is 59.6. The van der Waals surface area contributed by atoms with Crippen molar-refractivity contribution in [3.8, 4) is 11.1 Å². The van der Waals surface area contributed by atoms with E-state index in [9.17, 15) is 33.6 Å². The minimum Gasteiger partial charge on any atom is -0.341 e. The molecule has 0 unspecified atom stereocenters. The van der Waals surface area contributed by atoms with Crippen LogP contribution in [0.25, 0.3) is 65.0 Å². The molecule has 21 nitrogen and oxygen atoms in total. The van der Waals surface area contributed by atoms with Gasteiger partial charge in [0.25, 0.3) is 0 Å². The topological polar surface area (TPSA) is 288 Å². The Morgan fingerprint density at radius 2 is 0.602 bits per heavy atom. The predicted molar refractivity (Wildman–Crippen MR) is 511 cm³/mol. The molecular formula is C99H107Cl3N14O7. The van der Waals surface area contributed by atoms with E-state index < -0.39 is 0 Å². The van der Waals surface area contributed by atoms with Crippen LogP contribution in [0.2, 0.25) is 0 Å². The van der Waals surface area contributed by atoms with E-state index in [0.29, 0.717) is 37.3 Å². The summed E-state index contributed by atoms with van der Waals surface area (Å²) < 4.78 is 0. The second-order valence-electron chi connectivity index (χ2n) is 30.8. The van der Waals surface area contributed by atoms with Gasteiger partial charge in [-0.05, 0) is 292 Å². The Labute approximate surface area is 733 Å². The van der Waals surface area contributed by atoms with Gasteiger partial charge in [-0.3, -0.25) is 0 Å². The first-order valence-corrected chi connectivity index (χ1v) is 43.0. The fourth-order valence-corrected chi connectivity index (χ4v) is 14.9. The number of benzene rings is 13. The standard InChI is InChI=1S/C18H20N2O.2C16H14N2O.C14H19ClN2O.C12H15ClN2O.C12H12N2O.C11H13ClN2O/c1-18(2,3)20-17(21)19-14-8-9-16-13(11-14)10-12-6-4-5-7-15(12)16;1-17-16(19)18-15-7-6-13-8-11-4-2-3-5-12(11)9-14(13)10-15;1-17-16(19)18-13-8-9-15-12(10-13)7-6-11-4-2-3-5-14(11)15;15-8-9-16-14(18)17-13-7-6-11-4-2-1-3-5-12(11)10-13;13-6-7-14-12(16)15-11-5-4-9-2-1-3-10(9)8-11;1-13-12(15)14-11-7-6-9-4-2-3-5-10(9)8-11;12-5-6-13-11(15)14-10-4-3-8-1-2-9(8)7-10/h4-9,11H,10H2,1-3H3,(H2,19,20,21);2*2-10H,1H3,(H2,17,18,19);6-7,10H,1-5,8-9H2,(H2,16,17,18);4-5,8H,1-3,6-7H2,(H2,14,15,16);2-8H,1H3,(H2,13,14,15);3-4,7H,1-2,5-6H2,(H2,13,14,15). The lowest BCUT2D eigenvalue weighted by molar-refractivity contribution is 0.243. The monoisotopic (exact) mass is 1710 g/mol. The molecule has 4 aliphatic rings. The van der Waals surface area contributed by atoms with Crippen molar-refractivity contribution in [2.45, 2.75) is 96.9 Å². The average molecular weight is 1710 g/mol. The lowest BCUT2D eigenvalue weighted by Gasteiger charge is -2.20. The van der Waals surface area contributed by atoms with Gasteiger partial charge in [-0.2, -0.15) is 0 Å². The molecule has 0 heterocycles. The highest BCUT2D eigenvalue weighted by molar-refractivity contribution is 6.18. The van der Waals surface area contributed by atoms with E-state index in [1.807, 2.05) is 154 Å². The van der Waals surface area contributed by atoms with Gasteiger partial charge in [0.1, 0.15) is 0 Å². The highest BCUT2D eigenvalue weighted by Crippen LogP contribution is 2.38. The van der Waals surface area contributed by atoms with Gasteiger partial charge in [0.2, 0.25) is 0 Å². The van der Waals surface area contributed by atoms with E-state index in [2.05, 4.69) is 190 Å². The molecule has 24 heteroatoms. The number of carbonyl (C=O) groups excluding carboxylic acids is 7. The summed E-state index contributed by atoms with van der Waals surface area (Å²) in [6.45, 7) is 7.35. The fraction of sp³-hybridized carbons (Fsp3) is 0.242. The number of fused-ring (bicyclic) bond motifs is 12. The zero-order valence-corrected chi connectivity index (χ0v) is 72.5. The molecule has 13 aromatic rings. The second kappa shape index (κ2) is 45.5. The average Bonchev–Trinajstić information content (AvgIpc) is 1.72. The summed E-state index contributed by atoms with van der Waals surface area (Å²) in [6.07, 6.45) is 12.8. The van der Waals surface area contributed by atoms with Crippen molar-refractivity contribution in [2.24, 2.45) is 0 Å². The summed E-state index contributed by atoms with van der Waals surface area (Å²) in [5.74, 6) is 1.28. The van der Waals surface area contributed by atoms with Crippen molar-refractivity contribution in [1.29, 1.82) is 0 Å². The number of alkyl halides is 3. The number of aryl methyl sites for hydroxylation is 6. The van der Waals surface area contributed by atoms with Crippen LogP contribution in [0.1, 0.15) is 91.0 Å². The normalized spacial score (nSPS) is 12.0. The number of amides is 14.